The average molecular weight is 391 g/mol. The normalized spacial score (nSPS) is 14.9. The molecule has 0 radical (unpaired) electrons. The molecule has 0 atom stereocenters. The summed E-state index contributed by atoms with van der Waals surface area (Å²) in [4.78, 5) is 27.3. The van der Waals surface area contributed by atoms with Crippen molar-refractivity contribution in [3.63, 3.8) is 0 Å². The van der Waals surface area contributed by atoms with E-state index in [1.54, 1.807) is 22.6 Å². The van der Waals surface area contributed by atoms with E-state index in [1.807, 2.05) is 6.92 Å². The van der Waals surface area contributed by atoms with Crippen molar-refractivity contribution in [2.75, 3.05) is 31.1 Å². The van der Waals surface area contributed by atoms with Crippen molar-refractivity contribution < 1.29 is 9.18 Å². The van der Waals surface area contributed by atoms with Crippen LogP contribution in [-0.4, -0.2) is 47.0 Å². The Bertz CT molecular complexity index is 984. The molecule has 3 aromatic rings. The van der Waals surface area contributed by atoms with Crippen LogP contribution in [0.4, 0.5) is 10.2 Å². The van der Waals surface area contributed by atoms with Crippen molar-refractivity contribution >= 4 is 44.9 Å². The lowest BCUT2D eigenvalue weighted by Gasteiger charge is -2.35. The second-order valence-corrected chi connectivity index (χ2v) is 7.85. The zero-order valence-corrected chi connectivity index (χ0v) is 15.6. The Kier molecular flexibility index (Phi) is 4.50. The smallest absolute Gasteiger partial charge is 0.257 e. The Morgan fingerprint density at radius 2 is 1.96 bits per heavy atom. The van der Waals surface area contributed by atoms with Gasteiger partial charge in [0.1, 0.15) is 22.8 Å². The number of rotatable bonds is 2. The third-order valence-electron chi connectivity index (χ3n) is 4.46. The van der Waals surface area contributed by atoms with Crippen LogP contribution in [0.15, 0.2) is 30.6 Å². The predicted octanol–water partition coefficient (Wildman–Crippen LogP) is 3.75. The van der Waals surface area contributed by atoms with Gasteiger partial charge in [-0.3, -0.25) is 4.79 Å². The number of hydrogen-bond acceptors (Lipinski definition) is 5. The third-order valence-corrected chi connectivity index (χ3v) is 5.65. The molecule has 26 heavy (non-hydrogen) atoms. The zero-order chi connectivity index (χ0) is 18.3. The second-order valence-electron chi connectivity index (χ2n) is 6.18. The molecule has 1 aliphatic heterocycles. The Morgan fingerprint density at radius 3 is 2.73 bits per heavy atom. The molecule has 1 fully saturated rings. The summed E-state index contributed by atoms with van der Waals surface area (Å²) in [5.74, 6) is 0.0114. The molecule has 1 saturated heterocycles. The number of piperazine rings is 1. The van der Waals surface area contributed by atoms with Crippen LogP contribution in [-0.2, 0) is 0 Å². The molecule has 4 rings (SSSR count). The maximum Gasteiger partial charge on any atom is 0.257 e. The summed E-state index contributed by atoms with van der Waals surface area (Å²) < 4.78 is 14.0. The molecule has 0 spiro atoms. The zero-order valence-electron chi connectivity index (χ0n) is 14.1. The van der Waals surface area contributed by atoms with Crippen LogP contribution in [0.25, 0.3) is 10.2 Å². The highest BCUT2D eigenvalue weighted by molar-refractivity contribution is 7.18. The van der Waals surface area contributed by atoms with Crippen molar-refractivity contribution in [2.45, 2.75) is 6.92 Å². The largest absolute Gasteiger partial charge is 0.352 e. The topological polar surface area (TPSA) is 49.3 Å². The first-order chi connectivity index (χ1) is 12.5. The Balaban J connectivity index is 1.52. The maximum absolute atomic E-state index is 14.0. The number of thiophene rings is 1. The van der Waals surface area contributed by atoms with Crippen LogP contribution in [0, 0.1) is 12.7 Å². The maximum atomic E-state index is 14.0. The Hall–Kier alpha value is -2.25. The molecule has 5 nitrogen and oxygen atoms in total. The minimum atomic E-state index is -0.548. The van der Waals surface area contributed by atoms with Gasteiger partial charge in [0.15, 0.2) is 0 Å². The van der Waals surface area contributed by atoms with E-state index in [9.17, 15) is 9.18 Å². The van der Waals surface area contributed by atoms with Gasteiger partial charge >= 0.3 is 0 Å². The number of carbonyl (C=O) groups is 1. The summed E-state index contributed by atoms with van der Waals surface area (Å²) in [5.41, 5.74) is 0.0174. The summed E-state index contributed by atoms with van der Waals surface area (Å²) in [6.07, 6.45) is 1.58. The van der Waals surface area contributed by atoms with E-state index < -0.39 is 5.82 Å². The predicted molar refractivity (Wildman–Crippen MR) is 102 cm³/mol. The van der Waals surface area contributed by atoms with E-state index in [0.717, 1.165) is 16.0 Å². The van der Waals surface area contributed by atoms with Crippen LogP contribution in [0.5, 0.6) is 0 Å². The SMILES string of the molecule is Cc1cc2c(N3CCN(C(=O)c4cc(Cl)ccc4F)CC3)ncnc2s1. The van der Waals surface area contributed by atoms with E-state index >= 15 is 0 Å². The number of hydrogen-bond donors (Lipinski definition) is 0. The van der Waals surface area contributed by atoms with Crippen LogP contribution < -0.4 is 4.90 Å². The highest BCUT2D eigenvalue weighted by Crippen LogP contribution is 2.30. The molecule has 0 aliphatic carbocycles. The van der Waals surface area contributed by atoms with Gasteiger partial charge in [0.2, 0.25) is 0 Å². The summed E-state index contributed by atoms with van der Waals surface area (Å²) >= 11 is 7.54. The molecule has 0 unspecified atom stereocenters. The van der Waals surface area contributed by atoms with E-state index in [0.29, 0.717) is 31.2 Å². The molecule has 1 aliphatic rings. The molecule has 3 heterocycles. The van der Waals surface area contributed by atoms with Crippen LogP contribution in [0.3, 0.4) is 0 Å². The first kappa shape index (κ1) is 17.2. The molecular formula is C18H16ClFN4OS. The van der Waals surface area contributed by atoms with Gasteiger partial charge < -0.3 is 9.80 Å². The number of halogens is 2. The number of aryl methyl sites for hydroxylation is 1. The standard InChI is InChI=1S/C18H16ClFN4OS/c1-11-8-14-16(21-10-22-17(14)26-11)23-4-6-24(7-5-23)18(25)13-9-12(19)2-3-15(13)20/h2-3,8-10H,4-7H2,1H3. The fourth-order valence-corrected chi connectivity index (χ4v) is 4.18. The number of nitrogens with zero attached hydrogens (tertiary/aromatic N) is 4. The van der Waals surface area contributed by atoms with Gasteiger partial charge in [-0.2, -0.15) is 0 Å². The van der Waals surface area contributed by atoms with Gasteiger partial charge in [0.25, 0.3) is 5.91 Å². The highest BCUT2D eigenvalue weighted by Gasteiger charge is 2.26. The van der Waals surface area contributed by atoms with Crippen LogP contribution >= 0.6 is 22.9 Å². The van der Waals surface area contributed by atoms with E-state index in [2.05, 4.69) is 20.9 Å². The summed E-state index contributed by atoms with van der Waals surface area (Å²) in [6, 6.07) is 6.14. The first-order valence-corrected chi connectivity index (χ1v) is 9.43. The summed E-state index contributed by atoms with van der Waals surface area (Å²) in [5, 5.41) is 1.39. The quantitative estimate of drug-likeness (QED) is 0.668. The molecule has 8 heteroatoms. The number of anilines is 1. The Labute approximate surface area is 159 Å². The number of aromatic nitrogens is 2. The molecule has 0 bridgehead atoms. The lowest BCUT2D eigenvalue weighted by Crippen LogP contribution is -2.49. The van der Waals surface area contributed by atoms with Gasteiger partial charge in [-0.15, -0.1) is 11.3 Å². The molecule has 1 amide bonds. The molecule has 134 valence electrons. The fraction of sp³-hybridized carbons (Fsp3) is 0.278. The Morgan fingerprint density at radius 1 is 1.19 bits per heavy atom. The summed E-state index contributed by atoms with van der Waals surface area (Å²) in [6.45, 7) is 4.31. The van der Waals surface area contributed by atoms with E-state index in [4.69, 9.17) is 11.6 Å². The van der Waals surface area contributed by atoms with Crippen molar-refractivity contribution in [3.8, 4) is 0 Å². The van der Waals surface area contributed by atoms with E-state index in [1.165, 1.54) is 23.1 Å². The van der Waals surface area contributed by atoms with Gasteiger partial charge in [-0.05, 0) is 31.2 Å². The van der Waals surface area contributed by atoms with Crippen molar-refractivity contribution in [2.24, 2.45) is 0 Å². The lowest BCUT2D eigenvalue weighted by atomic mass is 10.1. The van der Waals surface area contributed by atoms with Crippen LogP contribution in [0.2, 0.25) is 5.02 Å². The van der Waals surface area contributed by atoms with Gasteiger partial charge in [-0.25, -0.2) is 14.4 Å². The number of carbonyl (C=O) groups excluding carboxylic acids is 1. The number of benzene rings is 1. The van der Waals surface area contributed by atoms with E-state index in [-0.39, 0.29) is 11.5 Å². The third kappa shape index (κ3) is 3.12. The van der Waals surface area contributed by atoms with Crippen molar-refractivity contribution in [1.29, 1.82) is 0 Å². The number of amides is 1. The fourth-order valence-electron chi connectivity index (χ4n) is 3.17. The minimum Gasteiger partial charge on any atom is -0.352 e. The molecule has 0 N–H and O–H groups in total. The monoisotopic (exact) mass is 390 g/mol. The molecule has 2 aromatic heterocycles. The summed E-state index contributed by atoms with van der Waals surface area (Å²) in [7, 11) is 0. The first-order valence-electron chi connectivity index (χ1n) is 8.23. The van der Waals surface area contributed by atoms with Crippen molar-refractivity contribution in [1.82, 2.24) is 14.9 Å². The molecular weight excluding hydrogens is 375 g/mol. The van der Waals surface area contributed by atoms with Gasteiger partial charge in [0.05, 0.1) is 10.9 Å². The minimum absolute atomic E-state index is 0.0174. The lowest BCUT2D eigenvalue weighted by molar-refractivity contribution is 0.0742. The molecule has 1 aromatic carbocycles. The highest BCUT2D eigenvalue weighted by atomic mass is 35.5. The molecule has 0 saturated carbocycles. The van der Waals surface area contributed by atoms with Gasteiger partial charge in [0, 0.05) is 36.1 Å². The van der Waals surface area contributed by atoms with Crippen molar-refractivity contribution in [3.05, 3.63) is 51.9 Å². The second kappa shape index (κ2) is 6.81. The van der Waals surface area contributed by atoms with Crippen LogP contribution in [0.1, 0.15) is 15.2 Å². The number of fused-ring (bicyclic) bond motifs is 1. The average Bonchev–Trinajstić information content (AvgIpc) is 3.03. The van der Waals surface area contributed by atoms with Gasteiger partial charge in [-0.1, -0.05) is 11.6 Å².